The summed E-state index contributed by atoms with van der Waals surface area (Å²) in [6.07, 6.45) is 5.65. The van der Waals surface area contributed by atoms with Gasteiger partial charge in [0.25, 0.3) is 0 Å². The molecular formula is C15H19ClN2O. The highest BCUT2D eigenvalue weighted by molar-refractivity contribution is 6.31. The highest BCUT2D eigenvalue weighted by Gasteiger charge is 2.26. The summed E-state index contributed by atoms with van der Waals surface area (Å²) in [5.41, 5.74) is 1.97. The van der Waals surface area contributed by atoms with Gasteiger partial charge >= 0.3 is 0 Å². The minimum absolute atomic E-state index is 0.147. The van der Waals surface area contributed by atoms with Gasteiger partial charge in [-0.15, -0.1) is 0 Å². The predicted molar refractivity (Wildman–Crippen MR) is 78.9 cm³/mol. The highest BCUT2D eigenvalue weighted by atomic mass is 35.5. The molecule has 0 unspecified atom stereocenters. The number of anilines is 2. The average Bonchev–Trinajstić information content (AvgIpc) is 2.80. The van der Waals surface area contributed by atoms with E-state index in [0.717, 1.165) is 37.3 Å². The molecule has 3 rings (SSSR count). The first-order chi connectivity index (χ1) is 9.24. The van der Waals surface area contributed by atoms with Crippen LogP contribution in [0.1, 0.15) is 32.1 Å². The van der Waals surface area contributed by atoms with E-state index in [4.69, 9.17) is 11.6 Å². The summed E-state index contributed by atoms with van der Waals surface area (Å²) in [4.78, 5) is 14.4. The molecule has 1 N–H and O–H groups in total. The smallest absolute Gasteiger partial charge is 0.227 e. The van der Waals surface area contributed by atoms with Crippen molar-refractivity contribution in [2.24, 2.45) is 5.92 Å². The number of benzene rings is 1. The molecule has 19 heavy (non-hydrogen) atoms. The molecule has 1 heterocycles. The van der Waals surface area contributed by atoms with Gasteiger partial charge in [0.2, 0.25) is 5.91 Å². The third kappa shape index (κ3) is 2.71. The fourth-order valence-electron chi connectivity index (χ4n) is 2.75. The van der Waals surface area contributed by atoms with Gasteiger partial charge in [-0.25, -0.2) is 0 Å². The maximum atomic E-state index is 12.1. The first kappa shape index (κ1) is 12.8. The fraction of sp³-hybridized carbons (Fsp3) is 0.533. The van der Waals surface area contributed by atoms with E-state index in [1.165, 1.54) is 19.3 Å². The fourth-order valence-corrected chi connectivity index (χ4v) is 2.92. The van der Waals surface area contributed by atoms with E-state index in [1.807, 2.05) is 18.2 Å². The molecule has 2 fully saturated rings. The Bertz CT molecular complexity index is 479. The molecule has 0 spiro atoms. The van der Waals surface area contributed by atoms with Crippen molar-refractivity contribution in [1.29, 1.82) is 0 Å². The number of carbonyl (C=O) groups excluding carboxylic acids is 1. The second-order valence-corrected chi connectivity index (χ2v) is 5.91. The van der Waals surface area contributed by atoms with Crippen LogP contribution < -0.4 is 10.2 Å². The molecule has 4 heteroatoms. The molecule has 1 saturated carbocycles. The number of hydrogen-bond acceptors (Lipinski definition) is 2. The van der Waals surface area contributed by atoms with Crippen LogP contribution in [0.4, 0.5) is 11.4 Å². The quantitative estimate of drug-likeness (QED) is 0.915. The lowest BCUT2D eigenvalue weighted by Gasteiger charge is -2.26. The van der Waals surface area contributed by atoms with Gasteiger partial charge in [-0.05, 0) is 43.9 Å². The molecule has 0 aromatic heterocycles. The van der Waals surface area contributed by atoms with E-state index < -0.39 is 0 Å². The van der Waals surface area contributed by atoms with E-state index in [-0.39, 0.29) is 11.8 Å². The maximum absolute atomic E-state index is 12.1. The zero-order chi connectivity index (χ0) is 13.2. The number of halogens is 1. The van der Waals surface area contributed by atoms with E-state index in [2.05, 4.69) is 10.2 Å². The standard InChI is InChI=1S/C15H19ClN2O/c16-12-6-7-14(18-8-1-2-9-18)13(10-12)17-15(19)11-4-3-5-11/h6-7,10-11H,1-5,8-9H2,(H,17,19). The summed E-state index contributed by atoms with van der Waals surface area (Å²) in [6.45, 7) is 2.13. The van der Waals surface area contributed by atoms with E-state index >= 15 is 0 Å². The zero-order valence-electron chi connectivity index (χ0n) is 11.0. The molecule has 0 bridgehead atoms. The van der Waals surface area contributed by atoms with Gasteiger partial charge < -0.3 is 10.2 Å². The molecular weight excluding hydrogens is 260 g/mol. The van der Waals surface area contributed by atoms with Crippen LogP contribution in [0.5, 0.6) is 0 Å². The second-order valence-electron chi connectivity index (χ2n) is 5.47. The average molecular weight is 279 g/mol. The number of hydrogen-bond donors (Lipinski definition) is 1. The third-order valence-electron chi connectivity index (χ3n) is 4.14. The Morgan fingerprint density at radius 2 is 1.95 bits per heavy atom. The molecule has 1 amide bonds. The molecule has 1 aromatic carbocycles. The Morgan fingerprint density at radius 1 is 1.21 bits per heavy atom. The van der Waals surface area contributed by atoms with Crippen LogP contribution in [-0.2, 0) is 4.79 Å². The van der Waals surface area contributed by atoms with Crippen LogP contribution in [0, 0.1) is 5.92 Å². The van der Waals surface area contributed by atoms with Crippen LogP contribution in [0.25, 0.3) is 0 Å². The molecule has 3 nitrogen and oxygen atoms in total. The molecule has 1 aliphatic heterocycles. The van der Waals surface area contributed by atoms with Crippen LogP contribution in [0.15, 0.2) is 18.2 Å². The lowest BCUT2D eigenvalue weighted by Crippen LogP contribution is -2.29. The molecule has 0 radical (unpaired) electrons. The maximum Gasteiger partial charge on any atom is 0.227 e. The normalized spacial score (nSPS) is 19.3. The van der Waals surface area contributed by atoms with E-state index in [9.17, 15) is 4.79 Å². The van der Waals surface area contributed by atoms with Gasteiger partial charge in [0.05, 0.1) is 11.4 Å². The Morgan fingerprint density at radius 3 is 2.58 bits per heavy atom. The first-order valence-electron chi connectivity index (χ1n) is 7.09. The van der Waals surface area contributed by atoms with Gasteiger partial charge in [0.1, 0.15) is 0 Å². The largest absolute Gasteiger partial charge is 0.370 e. The van der Waals surface area contributed by atoms with E-state index in [0.29, 0.717) is 5.02 Å². The Labute approximate surface area is 118 Å². The molecule has 1 saturated heterocycles. The summed E-state index contributed by atoms with van der Waals surface area (Å²) in [7, 11) is 0. The van der Waals surface area contributed by atoms with Gasteiger partial charge in [-0.2, -0.15) is 0 Å². The number of amides is 1. The first-order valence-corrected chi connectivity index (χ1v) is 7.47. The summed E-state index contributed by atoms with van der Waals surface area (Å²) in [5.74, 6) is 0.347. The van der Waals surface area contributed by atoms with Crippen molar-refractivity contribution >= 4 is 28.9 Å². The molecule has 102 valence electrons. The third-order valence-corrected chi connectivity index (χ3v) is 4.37. The van der Waals surface area contributed by atoms with Crippen molar-refractivity contribution in [2.45, 2.75) is 32.1 Å². The zero-order valence-corrected chi connectivity index (χ0v) is 11.7. The van der Waals surface area contributed by atoms with Crippen molar-refractivity contribution in [3.8, 4) is 0 Å². The van der Waals surface area contributed by atoms with Gasteiger partial charge in [0.15, 0.2) is 0 Å². The Balaban J connectivity index is 1.81. The van der Waals surface area contributed by atoms with Crippen LogP contribution in [0.2, 0.25) is 5.02 Å². The van der Waals surface area contributed by atoms with Crippen molar-refractivity contribution in [2.75, 3.05) is 23.3 Å². The predicted octanol–water partition coefficient (Wildman–Crippen LogP) is 3.68. The van der Waals surface area contributed by atoms with Crippen molar-refractivity contribution in [3.63, 3.8) is 0 Å². The summed E-state index contributed by atoms with van der Waals surface area (Å²) in [5, 5.41) is 3.74. The highest BCUT2D eigenvalue weighted by Crippen LogP contribution is 2.33. The monoisotopic (exact) mass is 278 g/mol. The Hall–Kier alpha value is -1.22. The molecule has 1 aliphatic carbocycles. The molecule has 0 atom stereocenters. The summed E-state index contributed by atoms with van der Waals surface area (Å²) >= 11 is 6.06. The topological polar surface area (TPSA) is 32.3 Å². The minimum atomic E-state index is 0.147. The van der Waals surface area contributed by atoms with Crippen LogP contribution >= 0.6 is 11.6 Å². The molecule has 2 aliphatic rings. The van der Waals surface area contributed by atoms with Gasteiger partial charge in [0, 0.05) is 24.0 Å². The van der Waals surface area contributed by atoms with Crippen molar-refractivity contribution in [1.82, 2.24) is 0 Å². The number of carbonyl (C=O) groups is 1. The summed E-state index contributed by atoms with van der Waals surface area (Å²) in [6, 6.07) is 5.78. The number of nitrogens with one attached hydrogen (secondary N) is 1. The molecule has 1 aromatic rings. The van der Waals surface area contributed by atoms with Crippen LogP contribution in [0.3, 0.4) is 0 Å². The number of rotatable bonds is 3. The van der Waals surface area contributed by atoms with Crippen molar-refractivity contribution in [3.05, 3.63) is 23.2 Å². The van der Waals surface area contributed by atoms with Gasteiger partial charge in [-0.3, -0.25) is 4.79 Å². The number of nitrogens with zero attached hydrogens (tertiary/aromatic N) is 1. The minimum Gasteiger partial charge on any atom is -0.370 e. The lowest BCUT2D eigenvalue weighted by atomic mass is 9.85. The second kappa shape index (κ2) is 5.41. The van der Waals surface area contributed by atoms with Crippen molar-refractivity contribution < 1.29 is 4.79 Å². The van der Waals surface area contributed by atoms with Crippen LogP contribution in [-0.4, -0.2) is 19.0 Å². The van der Waals surface area contributed by atoms with Gasteiger partial charge in [-0.1, -0.05) is 18.0 Å². The summed E-state index contributed by atoms with van der Waals surface area (Å²) < 4.78 is 0. The SMILES string of the molecule is O=C(Nc1cc(Cl)ccc1N1CCCC1)C1CCC1. The lowest BCUT2D eigenvalue weighted by molar-refractivity contribution is -0.122. The Kier molecular flexibility index (Phi) is 3.65. The van der Waals surface area contributed by atoms with E-state index in [1.54, 1.807) is 0 Å².